The van der Waals surface area contributed by atoms with Crippen molar-refractivity contribution in [2.24, 2.45) is 5.92 Å². The summed E-state index contributed by atoms with van der Waals surface area (Å²) in [5, 5.41) is 0.0674. The lowest BCUT2D eigenvalue weighted by molar-refractivity contribution is -0.152. The van der Waals surface area contributed by atoms with E-state index >= 15 is 0 Å². The summed E-state index contributed by atoms with van der Waals surface area (Å²) in [4.78, 5) is 27.1. The van der Waals surface area contributed by atoms with Gasteiger partial charge < -0.3 is 37.6 Å². The minimum atomic E-state index is -2.02. The number of rotatable bonds is 19. The number of carbonyl (C=O) groups is 2. The lowest BCUT2D eigenvalue weighted by Gasteiger charge is -2.39. The monoisotopic (exact) mass is 798 g/mol. The molecule has 0 aromatic heterocycles. The minimum absolute atomic E-state index is 0.0206. The summed E-state index contributed by atoms with van der Waals surface area (Å²) in [7, 11) is -0.400. The molecule has 2 aromatic carbocycles. The minimum Gasteiger partial charge on any atom is -0.497 e. The highest BCUT2D eigenvalue weighted by atomic mass is 28.4. The second kappa shape index (κ2) is 19.7. The average molecular weight is 799 g/mol. The molecule has 12 heteroatoms. The van der Waals surface area contributed by atoms with E-state index in [9.17, 15) is 9.59 Å². The Balaban J connectivity index is 1.97. The second-order valence-corrected chi connectivity index (χ2v) is 27.8. The van der Waals surface area contributed by atoms with Crippen LogP contribution in [0.25, 0.3) is 6.08 Å². The summed E-state index contributed by atoms with van der Waals surface area (Å²) in [5.41, 5.74) is 1.26. The highest BCUT2D eigenvalue weighted by Gasteiger charge is 2.46. The number of hydrogen-bond donors (Lipinski definition) is 0. The molecule has 0 spiro atoms. The van der Waals surface area contributed by atoms with Gasteiger partial charge in [-0.3, -0.25) is 0 Å². The summed E-state index contributed by atoms with van der Waals surface area (Å²) >= 11 is 0. The zero-order chi connectivity index (χ0) is 41.2. The van der Waals surface area contributed by atoms with Crippen molar-refractivity contribution in [1.29, 1.82) is 0 Å². The lowest BCUT2D eigenvalue weighted by atomic mass is 9.99. The maximum absolute atomic E-state index is 13.6. The van der Waals surface area contributed by atoms with Gasteiger partial charge in [-0.25, -0.2) is 9.59 Å². The fourth-order valence-corrected chi connectivity index (χ4v) is 7.87. The van der Waals surface area contributed by atoms with E-state index in [1.54, 1.807) is 43.5 Å². The lowest BCUT2D eigenvalue weighted by Crippen LogP contribution is -2.44. The molecule has 5 atom stereocenters. The Kier molecular flexibility index (Phi) is 16.6. The van der Waals surface area contributed by atoms with Crippen LogP contribution in [-0.2, 0) is 28.1 Å². The van der Waals surface area contributed by atoms with Gasteiger partial charge in [-0.15, -0.1) is 0 Å². The number of hydrogen-bond acceptors (Lipinski definition) is 10. The fourth-order valence-electron chi connectivity index (χ4n) is 5.66. The first-order chi connectivity index (χ1) is 25.6. The predicted octanol–water partition coefficient (Wildman–Crippen LogP) is 9.92. The molecule has 1 aliphatic rings. The fraction of sp³-hybridized carbons (Fsp3) is 0.581. The van der Waals surface area contributed by atoms with Gasteiger partial charge in [0.15, 0.2) is 20.9 Å². The Morgan fingerprint density at radius 2 is 1.62 bits per heavy atom. The van der Waals surface area contributed by atoms with Gasteiger partial charge in [0.05, 0.1) is 25.4 Å². The van der Waals surface area contributed by atoms with E-state index in [0.717, 1.165) is 6.04 Å². The molecule has 3 rings (SSSR count). The normalized spacial score (nSPS) is 19.3. The van der Waals surface area contributed by atoms with Crippen molar-refractivity contribution in [3.8, 4) is 11.5 Å². The number of esters is 2. The number of carbonyl (C=O) groups excluding carboxylic acids is 2. The van der Waals surface area contributed by atoms with Crippen LogP contribution in [0.4, 0.5) is 0 Å². The first kappa shape index (κ1) is 46.1. The summed E-state index contributed by atoms with van der Waals surface area (Å²) in [6.45, 7) is 26.0. The molecule has 0 radical (unpaired) electrons. The van der Waals surface area contributed by atoms with E-state index < -0.39 is 52.4 Å². The zero-order valence-corrected chi connectivity index (χ0v) is 37.6. The van der Waals surface area contributed by atoms with Crippen LogP contribution in [0.1, 0.15) is 81.2 Å². The molecular weight excluding hydrogens is 733 g/mol. The van der Waals surface area contributed by atoms with Gasteiger partial charge in [-0.05, 0) is 87.1 Å². The van der Waals surface area contributed by atoms with Gasteiger partial charge in [-0.2, -0.15) is 0 Å². The Hall–Kier alpha value is -3.27. The molecule has 1 heterocycles. The topological polar surface area (TPSA) is 108 Å². The van der Waals surface area contributed by atoms with Crippen molar-refractivity contribution in [2.75, 3.05) is 27.6 Å². The predicted molar refractivity (Wildman–Crippen MR) is 223 cm³/mol. The maximum atomic E-state index is 13.6. The SMILES string of the molecule is COCOc1cc(OC)cc(/C=C/C[C@@H]2OC(C)(C)O[C@@H]2C(/C=C\[C@H](C)C(C)O[Si](C)(C)C(C)(C)C)OC(=O)c2ccccc2)c1C(=O)OCC[Si](C)(C)C. The molecule has 0 N–H and O–H groups in total. The molecule has 1 saturated heterocycles. The van der Waals surface area contributed by atoms with Gasteiger partial charge in [0.1, 0.15) is 29.3 Å². The maximum Gasteiger partial charge on any atom is 0.342 e. The molecule has 0 saturated carbocycles. The largest absolute Gasteiger partial charge is 0.497 e. The van der Waals surface area contributed by atoms with Crippen LogP contribution in [0, 0.1) is 5.92 Å². The molecule has 55 heavy (non-hydrogen) atoms. The molecule has 1 fully saturated rings. The van der Waals surface area contributed by atoms with Crippen LogP contribution in [-0.4, -0.2) is 86.2 Å². The Morgan fingerprint density at radius 1 is 0.945 bits per heavy atom. The second-order valence-electron chi connectivity index (χ2n) is 17.4. The van der Waals surface area contributed by atoms with Crippen LogP contribution >= 0.6 is 0 Å². The standard InChI is InChI=1S/C43H66O10Si2/c1-30(31(2)53-55(13,14)42(3,4)5)23-24-35(50-40(44)32-19-16-15-17-20-32)39-36(51-43(6,7)52-39)22-18-21-33-27-34(47-9)28-37(49-29-46-8)38(33)41(45)48-25-26-54(10,11)12/h15-21,23-24,27-28,30-31,35-36,39H,22,25-26,29H2,1-14H3/b21-18+,24-23-/t30-,31?,35?,36-,39+/m0/s1. The van der Waals surface area contributed by atoms with Crippen LogP contribution < -0.4 is 9.47 Å². The Morgan fingerprint density at radius 3 is 2.22 bits per heavy atom. The third-order valence-electron chi connectivity index (χ3n) is 10.1. The highest BCUT2D eigenvalue weighted by Crippen LogP contribution is 2.39. The van der Waals surface area contributed by atoms with Crippen molar-refractivity contribution in [2.45, 2.75) is 129 Å². The molecule has 0 amide bonds. The summed E-state index contributed by atoms with van der Waals surface area (Å²) < 4.78 is 48.1. The van der Waals surface area contributed by atoms with Crippen LogP contribution in [0.3, 0.4) is 0 Å². The van der Waals surface area contributed by atoms with Crippen LogP contribution in [0.5, 0.6) is 11.5 Å². The first-order valence-corrected chi connectivity index (χ1v) is 25.8. The van der Waals surface area contributed by atoms with Gasteiger partial charge in [0.25, 0.3) is 0 Å². The molecule has 0 bridgehead atoms. The van der Waals surface area contributed by atoms with Gasteiger partial charge >= 0.3 is 11.9 Å². The molecule has 1 aliphatic heterocycles. The van der Waals surface area contributed by atoms with Crippen LogP contribution in [0.15, 0.2) is 60.7 Å². The third-order valence-corrected chi connectivity index (χ3v) is 16.3. The molecule has 0 aliphatic carbocycles. The number of benzene rings is 2. The number of methoxy groups -OCH3 is 2. The quantitative estimate of drug-likeness (QED) is 0.0590. The van der Waals surface area contributed by atoms with Gasteiger partial charge in [0, 0.05) is 27.4 Å². The average Bonchev–Trinajstić information content (AvgIpc) is 3.41. The van der Waals surface area contributed by atoms with Crippen molar-refractivity contribution in [3.63, 3.8) is 0 Å². The number of ether oxygens (including phenoxy) is 7. The molecule has 2 aromatic rings. The van der Waals surface area contributed by atoms with Crippen molar-refractivity contribution in [3.05, 3.63) is 77.4 Å². The van der Waals surface area contributed by atoms with E-state index in [1.807, 2.05) is 44.2 Å². The van der Waals surface area contributed by atoms with E-state index in [4.69, 9.17) is 37.6 Å². The van der Waals surface area contributed by atoms with Crippen molar-refractivity contribution in [1.82, 2.24) is 0 Å². The molecule has 10 nitrogen and oxygen atoms in total. The van der Waals surface area contributed by atoms with Crippen molar-refractivity contribution >= 4 is 34.4 Å². The summed E-state index contributed by atoms with van der Waals surface area (Å²) in [6, 6.07) is 13.1. The van der Waals surface area contributed by atoms with Crippen LogP contribution in [0.2, 0.25) is 43.8 Å². The zero-order valence-electron chi connectivity index (χ0n) is 35.6. The van der Waals surface area contributed by atoms with E-state index in [2.05, 4.69) is 67.4 Å². The van der Waals surface area contributed by atoms with Gasteiger partial charge in [0.2, 0.25) is 0 Å². The summed E-state index contributed by atoms with van der Waals surface area (Å²) in [6.07, 6.45) is 6.05. The van der Waals surface area contributed by atoms with Crippen molar-refractivity contribution < 1.29 is 47.2 Å². The first-order valence-electron chi connectivity index (χ1n) is 19.2. The molecule has 306 valence electrons. The van der Waals surface area contributed by atoms with E-state index in [1.165, 1.54) is 7.11 Å². The molecule has 2 unspecified atom stereocenters. The van der Waals surface area contributed by atoms with E-state index in [0.29, 0.717) is 29.9 Å². The molecular formula is C43H66O10Si2. The third kappa shape index (κ3) is 14.0. The Labute approximate surface area is 332 Å². The highest BCUT2D eigenvalue weighted by molar-refractivity contribution is 6.76. The smallest absolute Gasteiger partial charge is 0.342 e. The Bertz CT molecular complexity index is 1610. The van der Waals surface area contributed by atoms with Gasteiger partial charge in [-0.1, -0.05) is 83.8 Å². The summed E-state index contributed by atoms with van der Waals surface area (Å²) in [5.74, 6) is -1.10. The van der Waals surface area contributed by atoms with E-state index in [-0.39, 0.29) is 35.2 Å².